The summed E-state index contributed by atoms with van der Waals surface area (Å²) in [5.41, 5.74) is 3.76. The number of hydrogen-bond acceptors (Lipinski definition) is 5. The maximum absolute atomic E-state index is 12.6. The first-order valence-electron chi connectivity index (χ1n) is 10.4. The molecule has 0 radical (unpaired) electrons. The van der Waals surface area contributed by atoms with Crippen LogP contribution < -0.4 is 10.2 Å². The van der Waals surface area contributed by atoms with Crippen molar-refractivity contribution in [2.24, 2.45) is 5.92 Å². The molecule has 0 saturated carbocycles. The number of nitrogens with zero attached hydrogens (tertiary/aromatic N) is 3. The fourth-order valence-electron chi connectivity index (χ4n) is 4.26. The molecule has 1 fully saturated rings. The number of carbonyl (C=O) groups is 1. The summed E-state index contributed by atoms with van der Waals surface area (Å²) >= 11 is 0. The molecule has 146 valence electrons. The second kappa shape index (κ2) is 8.83. The molecular weight excluding hydrogens is 340 g/mol. The Labute approximate surface area is 161 Å². The topological polar surface area (TPSA) is 67.4 Å². The molecule has 6 nitrogen and oxygen atoms in total. The number of aryl methyl sites for hydroxylation is 1. The predicted molar refractivity (Wildman–Crippen MR) is 105 cm³/mol. The molecule has 2 heterocycles. The molecule has 1 amide bonds. The Morgan fingerprint density at radius 3 is 2.96 bits per heavy atom. The van der Waals surface area contributed by atoms with Crippen LogP contribution >= 0.6 is 0 Å². The van der Waals surface area contributed by atoms with Crippen LogP contribution in [0.15, 0.2) is 17.8 Å². The highest BCUT2D eigenvalue weighted by atomic mass is 16.5. The van der Waals surface area contributed by atoms with Crippen molar-refractivity contribution >= 4 is 11.9 Å². The number of aromatic nitrogens is 2. The Kier molecular flexibility index (Phi) is 6.02. The standard InChI is InChI=1S/C21H30N4O2/c26-20(22-9-8-16-4-2-1-3-5-16)17-6-7-19-18(14-17)15-23-21(24-19)25-10-12-27-13-11-25/h4,15,17H,1-3,5-14H2,(H,22,26)/t17-/m0/s1. The largest absolute Gasteiger partial charge is 0.378 e. The molecule has 4 rings (SSSR count). The molecule has 1 aromatic rings. The lowest BCUT2D eigenvalue weighted by Gasteiger charge is -2.28. The van der Waals surface area contributed by atoms with E-state index in [-0.39, 0.29) is 11.8 Å². The van der Waals surface area contributed by atoms with Crippen molar-refractivity contribution in [1.29, 1.82) is 0 Å². The van der Waals surface area contributed by atoms with Crippen molar-refractivity contribution in [3.63, 3.8) is 0 Å². The number of fused-ring (bicyclic) bond motifs is 1. The Morgan fingerprint density at radius 2 is 2.15 bits per heavy atom. The van der Waals surface area contributed by atoms with Crippen LogP contribution in [0.2, 0.25) is 0 Å². The zero-order valence-electron chi connectivity index (χ0n) is 16.1. The van der Waals surface area contributed by atoms with Gasteiger partial charge in [-0.05, 0) is 56.9 Å². The van der Waals surface area contributed by atoms with Crippen molar-refractivity contribution in [2.45, 2.75) is 51.4 Å². The lowest BCUT2D eigenvalue weighted by atomic mass is 9.86. The molecule has 0 aromatic carbocycles. The highest BCUT2D eigenvalue weighted by Crippen LogP contribution is 2.26. The number of ether oxygens (including phenoxy) is 1. The zero-order chi connectivity index (χ0) is 18.5. The highest BCUT2D eigenvalue weighted by Gasteiger charge is 2.26. The van der Waals surface area contributed by atoms with E-state index in [1.807, 2.05) is 6.20 Å². The summed E-state index contributed by atoms with van der Waals surface area (Å²) in [6.45, 7) is 3.93. The van der Waals surface area contributed by atoms with Crippen molar-refractivity contribution in [3.05, 3.63) is 29.1 Å². The zero-order valence-corrected chi connectivity index (χ0v) is 16.1. The molecular formula is C21H30N4O2. The third kappa shape index (κ3) is 4.67. The van der Waals surface area contributed by atoms with Gasteiger partial charge in [0.2, 0.25) is 11.9 Å². The molecule has 1 aliphatic heterocycles. The van der Waals surface area contributed by atoms with Gasteiger partial charge in [-0.15, -0.1) is 0 Å². The van der Waals surface area contributed by atoms with Crippen LogP contribution in [0.25, 0.3) is 0 Å². The van der Waals surface area contributed by atoms with Gasteiger partial charge >= 0.3 is 0 Å². The van der Waals surface area contributed by atoms with E-state index in [0.29, 0.717) is 0 Å². The molecule has 1 atom stereocenters. The van der Waals surface area contributed by atoms with Crippen LogP contribution in [-0.2, 0) is 22.4 Å². The van der Waals surface area contributed by atoms with Gasteiger partial charge in [0, 0.05) is 37.4 Å². The van der Waals surface area contributed by atoms with Gasteiger partial charge in [0.15, 0.2) is 0 Å². The predicted octanol–water partition coefficient (Wildman–Crippen LogP) is 2.42. The molecule has 27 heavy (non-hydrogen) atoms. The number of allylic oxidation sites excluding steroid dienone is 1. The Hall–Kier alpha value is -1.95. The first-order valence-corrected chi connectivity index (χ1v) is 10.4. The summed E-state index contributed by atoms with van der Waals surface area (Å²) in [5, 5.41) is 3.15. The second-order valence-corrected chi connectivity index (χ2v) is 7.83. The van der Waals surface area contributed by atoms with E-state index in [9.17, 15) is 4.79 Å². The van der Waals surface area contributed by atoms with Crippen LogP contribution in [0.5, 0.6) is 0 Å². The van der Waals surface area contributed by atoms with E-state index < -0.39 is 0 Å². The molecule has 1 N–H and O–H groups in total. The number of anilines is 1. The van der Waals surface area contributed by atoms with E-state index in [4.69, 9.17) is 9.72 Å². The van der Waals surface area contributed by atoms with Crippen molar-refractivity contribution in [3.8, 4) is 0 Å². The van der Waals surface area contributed by atoms with E-state index >= 15 is 0 Å². The second-order valence-electron chi connectivity index (χ2n) is 7.83. The quantitative estimate of drug-likeness (QED) is 0.807. The van der Waals surface area contributed by atoms with Crippen LogP contribution in [0.3, 0.4) is 0 Å². The average Bonchev–Trinajstić information content (AvgIpc) is 2.74. The van der Waals surface area contributed by atoms with Crippen LogP contribution in [0, 0.1) is 5.92 Å². The molecule has 2 aliphatic carbocycles. The fraction of sp³-hybridized carbons (Fsp3) is 0.667. The van der Waals surface area contributed by atoms with E-state index in [1.165, 1.54) is 31.3 Å². The summed E-state index contributed by atoms with van der Waals surface area (Å²) in [4.78, 5) is 24.1. The van der Waals surface area contributed by atoms with E-state index in [1.54, 1.807) is 0 Å². The van der Waals surface area contributed by atoms with E-state index in [0.717, 1.165) is 75.7 Å². The van der Waals surface area contributed by atoms with E-state index in [2.05, 4.69) is 21.3 Å². The Bertz CT molecular complexity index is 697. The molecule has 3 aliphatic rings. The smallest absolute Gasteiger partial charge is 0.225 e. The van der Waals surface area contributed by atoms with Gasteiger partial charge in [-0.2, -0.15) is 0 Å². The third-order valence-corrected chi connectivity index (χ3v) is 5.93. The van der Waals surface area contributed by atoms with Gasteiger partial charge in [-0.1, -0.05) is 11.6 Å². The lowest BCUT2D eigenvalue weighted by molar-refractivity contribution is -0.125. The Morgan fingerprint density at radius 1 is 1.26 bits per heavy atom. The minimum absolute atomic E-state index is 0.0515. The number of nitrogens with one attached hydrogen (secondary N) is 1. The van der Waals surface area contributed by atoms with Gasteiger partial charge in [-0.3, -0.25) is 4.79 Å². The number of rotatable bonds is 5. The average molecular weight is 370 g/mol. The molecule has 6 heteroatoms. The number of morpholine rings is 1. The normalized spacial score (nSPS) is 22.7. The first kappa shape index (κ1) is 18.4. The number of amides is 1. The maximum atomic E-state index is 12.6. The van der Waals surface area contributed by atoms with Crippen molar-refractivity contribution in [1.82, 2.24) is 15.3 Å². The third-order valence-electron chi connectivity index (χ3n) is 5.93. The maximum Gasteiger partial charge on any atom is 0.225 e. The van der Waals surface area contributed by atoms with Gasteiger partial charge in [0.1, 0.15) is 0 Å². The van der Waals surface area contributed by atoms with Crippen LogP contribution in [0.1, 0.15) is 49.8 Å². The minimum atomic E-state index is 0.0515. The molecule has 0 unspecified atom stereocenters. The fourth-order valence-corrected chi connectivity index (χ4v) is 4.26. The van der Waals surface area contributed by atoms with Crippen molar-refractivity contribution in [2.75, 3.05) is 37.7 Å². The van der Waals surface area contributed by atoms with Gasteiger partial charge < -0.3 is 15.0 Å². The summed E-state index contributed by atoms with van der Waals surface area (Å²) in [5.74, 6) is 1.05. The first-order chi connectivity index (χ1) is 13.3. The SMILES string of the molecule is O=C(NCCC1=CCCCC1)[C@H]1CCc2nc(N3CCOCC3)ncc2C1. The number of hydrogen-bond donors (Lipinski definition) is 1. The van der Waals surface area contributed by atoms with Gasteiger partial charge in [0.05, 0.1) is 13.2 Å². The molecule has 0 bridgehead atoms. The molecule has 1 aromatic heterocycles. The summed E-state index contributed by atoms with van der Waals surface area (Å²) in [6.07, 6.45) is 12.8. The monoisotopic (exact) mass is 370 g/mol. The summed E-state index contributed by atoms with van der Waals surface area (Å²) in [6, 6.07) is 0. The lowest BCUT2D eigenvalue weighted by Crippen LogP contribution is -2.38. The van der Waals surface area contributed by atoms with Crippen LogP contribution in [0.4, 0.5) is 5.95 Å². The van der Waals surface area contributed by atoms with Gasteiger partial charge in [0.25, 0.3) is 0 Å². The van der Waals surface area contributed by atoms with Crippen molar-refractivity contribution < 1.29 is 9.53 Å². The molecule has 0 spiro atoms. The number of carbonyl (C=O) groups excluding carboxylic acids is 1. The summed E-state index contributed by atoms with van der Waals surface area (Å²) < 4.78 is 5.40. The summed E-state index contributed by atoms with van der Waals surface area (Å²) in [7, 11) is 0. The highest BCUT2D eigenvalue weighted by molar-refractivity contribution is 5.79. The molecule has 1 saturated heterocycles. The van der Waals surface area contributed by atoms with Gasteiger partial charge in [-0.25, -0.2) is 9.97 Å². The Balaban J connectivity index is 1.29. The van der Waals surface area contributed by atoms with Crippen LogP contribution in [-0.4, -0.2) is 48.7 Å². The minimum Gasteiger partial charge on any atom is -0.378 e.